The molecule has 1 aromatic rings. The van der Waals surface area contributed by atoms with Crippen LogP contribution < -0.4 is 5.73 Å². The van der Waals surface area contributed by atoms with Crippen molar-refractivity contribution in [2.75, 3.05) is 26.8 Å². The fraction of sp³-hybridized carbons (Fsp3) is 0.533. The molecule has 110 valence electrons. The smallest absolute Gasteiger partial charge is 0.147 e. The summed E-state index contributed by atoms with van der Waals surface area (Å²) < 4.78 is 5.39. The largest absolute Gasteiger partial charge is 0.409 e. The van der Waals surface area contributed by atoms with E-state index in [4.69, 9.17) is 15.7 Å². The Morgan fingerprint density at radius 3 is 2.65 bits per heavy atom. The summed E-state index contributed by atoms with van der Waals surface area (Å²) in [6.45, 7) is 2.37. The molecule has 0 radical (unpaired) electrons. The summed E-state index contributed by atoms with van der Waals surface area (Å²) in [5.74, 6) is 0.171. The fourth-order valence-corrected chi connectivity index (χ4v) is 2.69. The van der Waals surface area contributed by atoms with Crippen LogP contribution in [0.1, 0.15) is 24.3 Å². The van der Waals surface area contributed by atoms with E-state index in [9.17, 15) is 0 Å². The van der Waals surface area contributed by atoms with Gasteiger partial charge in [0.1, 0.15) is 5.84 Å². The molecule has 3 N–H and O–H groups in total. The lowest BCUT2D eigenvalue weighted by molar-refractivity contribution is 0.0427. The second-order valence-corrected chi connectivity index (χ2v) is 5.27. The van der Waals surface area contributed by atoms with Crippen LogP contribution in [0.5, 0.6) is 0 Å². The average molecular weight is 277 g/mol. The number of oxime groups is 1. The molecule has 1 atom stereocenters. The molecule has 0 saturated carbocycles. The highest BCUT2D eigenvalue weighted by Crippen LogP contribution is 2.20. The Labute approximate surface area is 120 Å². The van der Waals surface area contributed by atoms with E-state index in [0.717, 1.165) is 38.2 Å². The monoisotopic (exact) mass is 277 g/mol. The van der Waals surface area contributed by atoms with Crippen molar-refractivity contribution >= 4 is 5.84 Å². The summed E-state index contributed by atoms with van der Waals surface area (Å²) in [7, 11) is 2.09. The maximum absolute atomic E-state index is 9.01. The van der Waals surface area contributed by atoms with Crippen LogP contribution in [0, 0.1) is 0 Å². The normalized spacial score (nSPS) is 19.2. The standard InChI is InChI=1S/C15H23N3O2/c1-18(13-7-9-20-10-8-13)11-14(15(16)17-19)12-5-3-2-4-6-12/h2-6,13-14,19H,7-11H2,1H3,(H2,16,17). The molecule has 0 spiro atoms. The number of likely N-dealkylation sites (N-methyl/N-ethyl adjacent to an activating group) is 1. The summed E-state index contributed by atoms with van der Waals surface area (Å²) in [5.41, 5.74) is 6.95. The van der Waals surface area contributed by atoms with Gasteiger partial charge in [0.25, 0.3) is 0 Å². The number of hydrogen-bond donors (Lipinski definition) is 2. The molecule has 1 aromatic carbocycles. The van der Waals surface area contributed by atoms with Crippen LogP contribution in [-0.2, 0) is 4.74 Å². The fourth-order valence-electron chi connectivity index (χ4n) is 2.69. The van der Waals surface area contributed by atoms with Gasteiger partial charge in [0.15, 0.2) is 0 Å². The Balaban J connectivity index is 2.08. The van der Waals surface area contributed by atoms with Crippen LogP contribution in [0.15, 0.2) is 35.5 Å². The van der Waals surface area contributed by atoms with Gasteiger partial charge < -0.3 is 20.6 Å². The van der Waals surface area contributed by atoms with Crippen molar-refractivity contribution in [2.24, 2.45) is 10.9 Å². The molecule has 0 aromatic heterocycles. The molecule has 1 heterocycles. The molecular weight excluding hydrogens is 254 g/mol. The van der Waals surface area contributed by atoms with Gasteiger partial charge in [-0.15, -0.1) is 0 Å². The van der Waals surface area contributed by atoms with Crippen molar-refractivity contribution in [2.45, 2.75) is 24.8 Å². The van der Waals surface area contributed by atoms with Crippen molar-refractivity contribution in [1.29, 1.82) is 0 Å². The van der Waals surface area contributed by atoms with Gasteiger partial charge in [0.05, 0.1) is 5.92 Å². The maximum Gasteiger partial charge on any atom is 0.147 e. The quantitative estimate of drug-likeness (QED) is 0.371. The van der Waals surface area contributed by atoms with Gasteiger partial charge in [0, 0.05) is 25.8 Å². The van der Waals surface area contributed by atoms with Gasteiger partial charge in [-0.2, -0.15) is 0 Å². The molecule has 0 bridgehead atoms. The first-order valence-electron chi connectivity index (χ1n) is 7.02. The molecule has 1 aliphatic heterocycles. The van der Waals surface area contributed by atoms with Crippen LogP contribution >= 0.6 is 0 Å². The highest BCUT2D eigenvalue weighted by Gasteiger charge is 2.24. The van der Waals surface area contributed by atoms with Crippen LogP contribution in [0.3, 0.4) is 0 Å². The van der Waals surface area contributed by atoms with Gasteiger partial charge in [-0.3, -0.25) is 0 Å². The van der Waals surface area contributed by atoms with E-state index in [1.54, 1.807) is 0 Å². The van der Waals surface area contributed by atoms with E-state index >= 15 is 0 Å². The Morgan fingerprint density at radius 1 is 1.40 bits per heavy atom. The van der Waals surface area contributed by atoms with Crippen LogP contribution in [0.2, 0.25) is 0 Å². The van der Waals surface area contributed by atoms with Crippen molar-refractivity contribution in [3.05, 3.63) is 35.9 Å². The molecule has 1 saturated heterocycles. The second-order valence-electron chi connectivity index (χ2n) is 5.27. The molecule has 5 nitrogen and oxygen atoms in total. The van der Waals surface area contributed by atoms with Crippen molar-refractivity contribution in [1.82, 2.24) is 4.90 Å². The number of rotatable bonds is 5. The first kappa shape index (κ1) is 14.8. The first-order valence-corrected chi connectivity index (χ1v) is 7.02. The van der Waals surface area contributed by atoms with Crippen molar-refractivity contribution in [3.63, 3.8) is 0 Å². The van der Waals surface area contributed by atoms with Gasteiger partial charge in [-0.25, -0.2) is 0 Å². The van der Waals surface area contributed by atoms with Crippen molar-refractivity contribution in [3.8, 4) is 0 Å². The molecule has 1 unspecified atom stereocenters. The third kappa shape index (κ3) is 3.71. The highest BCUT2D eigenvalue weighted by molar-refractivity contribution is 5.87. The van der Waals surface area contributed by atoms with E-state index in [1.807, 2.05) is 30.3 Å². The summed E-state index contributed by atoms with van der Waals surface area (Å²) >= 11 is 0. The Hall–Kier alpha value is -1.59. The highest BCUT2D eigenvalue weighted by atomic mass is 16.5. The zero-order valence-electron chi connectivity index (χ0n) is 11.9. The first-order chi connectivity index (χ1) is 9.72. The number of nitrogens with two attached hydrogens (primary N) is 1. The number of amidine groups is 1. The SMILES string of the molecule is CN(CC(C(N)=NO)c1ccccc1)C1CCOCC1. The number of nitrogens with zero attached hydrogens (tertiary/aromatic N) is 2. The molecule has 0 aliphatic carbocycles. The predicted molar refractivity (Wildman–Crippen MR) is 79.1 cm³/mol. The van der Waals surface area contributed by atoms with E-state index < -0.39 is 0 Å². The third-order valence-corrected chi connectivity index (χ3v) is 3.96. The van der Waals surface area contributed by atoms with Crippen molar-refractivity contribution < 1.29 is 9.94 Å². The Morgan fingerprint density at radius 2 is 2.05 bits per heavy atom. The predicted octanol–water partition coefficient (Wildman–Crippen LogP) is 1.63. The van der Waals surface area contributed by atoms with Gasteiger partial charge in [-0.1, -0.05) is 35.5 Å². The maximum atomic E-state index is 9.01. The van der Waals surface area contributed by atoms with Crippen LogP contribution in [-0.4, -0.2) is 48.8 Å². The van der Waals surface area contributed by atoms with E-state index in [2.05, 4.69) is 17.1 Å². The lowest BCUT2D eigenvalue weighted by Gasteiger charge is -2.33. The molecule has 1 fully saturated rings. The lowest BCUT2D eigenvalue weighted by atomic mass is 9.96. The van der Waals surface area contributed by atoms with Gasteiger partial charge in [0.2, 0.25) is 0 Å². The third-order valence-electron chi connectivity index (χ3n) is 3.96. The van der Waals surface area contributed by atoms with E-state index in [0.29, 0.717) is 6.04 Å². The van der Waals surface area contributed by atoms with E-state index in [1.165, 1.54) is 0 Å². The van der Waals surface area contributed by atoms with Gasteiger partial charge in [-0.05, 0) is 25.5 Å². The topological polar surface area (TPSA) is 71.1 Å². The summed E-state index contributed by atoms with van der Waals surface area (Å²) in [6, 6.07) is 10.4. The zero-order valence-corrected chi connectivity index (χ0v) is 11.9. The Bertz CT molecular complexity index is 430. The molecule has 2 rings (SSSR count). The molecular formula is C15H23N3O2. The number of ether oxygens (including phenoxy) is 1. The minimum atomic E-state index is -0.0888. The molecule has 20 heavy (non-hydrogen) atoms. The molecule has 5 heteroatoms. The summed E-state index contributed by atoms with van der Waals surface area (Å²) in [5, 5.41) is 12.2. The summed E-state index contributed by atoms with van der Waals surface area (Å²) in [4.78, 5) is 2.29. The minimum absolute atomic E-state index is 0.0888. The summed E-state index contributed by atoms with van der Waals surface area (Å²) in [6.07, 6.45) is 2.07. The van der Waals surface area contributed by atoms with Crippen LogP contribution in [0.4, 0.5) is 0 Å². The average Bonchev–Trinajstić information content (AvgIpc) is 2.53. The molecule has 0 amide bonds. The van der Waals surface area contributed by atoms with Crippen LogP contribution in [0.25, 0.3) is 0 Å². The zero-order chi connectivity index (χ0) is 14.4. The number of benzene rings is 1. The second kappa shape index (κ2) is 7.26. The van der Waals surface area contributed by atoms with Gasteiger partial charge >= 0.3 is 0 Å². The minimum Gasteiger partial charge on any atom is -0.409 e. The Kier molecular flexibility index (Phi) is 5.38. The molecule has 1 aliphatic rings. The van der Waals surface area contributed by atoms with E-state index in [-0.39, 0.29) is 11.8 Å². The lowest BCUT2D eigenvalue weighted by Crippen LogP contribution is -2.41. The number of hydrogen-bond acceptors (Lipinski definition) is 4.